The fraction of sp³-hybridized carbons (Fsp3) is 0.158. The van der Waals surface area contributed by atoms with Crippen molar-refractivity contribution in [1.82, 2.24) is 14.7 Å². The third-order valence-electron chi connectivity index (χ3n) is 4.35. The summed E-state index contributed by atoms with van der Waals surface area (Å²) in [6, 6.07) is 5.56. The molecule has 2 aromatic rings. The smallest absolute Gasteiger partial charge is 0.296 e. The quantitative estimate of drug-likeness (QED) is 0.871. The molecule has 6 heteroatoms. The molecule has 6 nitrogen and oxygen atoms in total. The molecule has 2 aliphatic rings. The standard InChI is InChI=1S/C19H16N4O2/c1-11-9-17(24)22-15-10-13(6-7-14(11)15)21-19(25)18-12(2)20-16-5-3-4-8-23(16)18/h3-10,14H,1-2H3,(H,22,24). The molecule has 1 atom stereocenters. The second-order valence-electron chi connectivity index (χ2n) is 6.13. The van der Waals surface area contributed by atoms with Gasteiger partial charge >= 0.3 is 0 Å². The first-order chi connectivity index (χ1) is 12.0. The molecule has 0 radical (unpaired) electrons. The van der Waals surface area contributed by atoms with Gasteiger partial charge < -0.3 is 5.32 Å². The fourth-order valence-corrected chi connectivity index (χ4v) is 3.19. The molecule has 1 aliphatic heterocycles. The van der Waals surface area contributed by atoms with E-state index < -0.39 is 0 Å². The number of allylic oxidation sites excluding steroid dienone is 3. The van der Waals surface area contributed by atoms with Crippen molar-refractivity contribution >= 4 is 23.2 Å². The van der Waals surface area contributed by atoms with E-state index in [2.05, 4.69) is 15.3 Å². The highest BCUT2D eigenvalue weighted by molar-refractivity contribution is 6.14. The molecular formula is C19H16N4O2. The summed E-state index contributed by atoms with van der Waals surface area (Å²) in [6.07, 6.45) is 8.87. The van der Waals surface area contributed by atoms with Gasteiger partial charge in [-0.2, -0.15) is 0 Å². The molecule has 1 unspecified atom stereocenters. The van der Waals surface area contributed by atoms with E-state index in [1.807, 2.05) is 31.2 Å². The lowest BCUT2D eigenvalue weighted by Crippen LogP contribution is -2.32. The number of nitrogens with zero attached hydrogens (tertiary/aromatic N) is 3. The Bertz CT molecular complexity index is 1040. The summed E-state index contributed by atoms with van der Waals surface area (Å²) in [5.74, 6) is -0.483. The minimum atomic E-state index is -0.361. The van der Waals surface area contributed by atoms with Crippen LogP contribution in [0.4, 0.5) is 0 Å². The second kappa shape index (κ2) is 5.66. The van der Waals surface area contributed by atoms with Gasteiger partial charge in [0.15, 0.2) is 0 Å². The van der Waals surface area contributed by atoms with Gasteiger partial charge in [-0.15, -0.1) is 0 Å². The molecule has 0 saturated carbocycles. The average Bonchev–Trinajstić information content (AvgIpc) is 2.90. The molecule has 0 spiro atoms. The highest BCUT2D eigenvalue weighted by atomic mass is 16.2. The van der Waals surface area contributed by atoms with E-state index in [9.17, 15) is 9.59 Å². The van der Waals surface area contributed by atoms with Crippen LogP contribution in [0.25, 0.3) is 5.65 Å². The third-order valence-corrected chi connectivity index (χ3v) is 4.35. The Morgan fingerprint density at radius 2 is 2.12 bits per heavy atom. The highest BCUT2D eigenvalue weighted by Gasteiger charge is 2.24. The van der Waals surface area contributed by atoms with Crippen molar-refractivity contribution in [1.29, 1.82) is 0 Å². The van der Waals surface area contributed by atoms with Gasteiger partial charge in [0, 0.05) is 23.9 Å². The number of carbonyl (C=O) groups is 2. The van der Waals surface area contributed by atoms with Crippen molar-refractivity contribution in [3.63, 3.8) is 0 Å². The van der Waals surface area contributed by atoms with Gasteiger partial charge in [0.1, 0.15) is 11.3 Å². The molecule has 0 fully saturated rings. The van der Waals surface area contributed by atoms with E-state index >= 15 is 0 Å². The van der Waals surface area contributed by atoms with Crippen molar-refractivity contribution in [3.05, 3.63) is 71.4 Å². The van der Waals surface area contributed by atoms with Crippen molar-refractivity contribution in [2.24, 2.45) is 10.9 Å². The van der Waals surface area contributed by atoms with Gasteiger partial charge in [0.05, 0.1) is 11.4 Å². The lowest BCUT2D eigenvalue weighted by molar-refractivity contribution is -0.116. The van der Waals surface area contributed by atoms with E-state index in [0.29, 0.717) is 22.7 Å². The monoisotopic (exact) mass is 332 g/mol. The van der Waals surface area contributed by atoms with Crippen LogP contribution in [-0.2, 0) is 4.79 Å². The van der Waals surface area contributed by atoms with E-state index in [1.165, 1.54) is 0 Å². The largest absolute Gasteiger partial charge is 0.325 e. The molecule has 0 aromatic carbocycles. The average molecular weight is 332 g/mol. The molecule has 1 N–H and O–H groups in total. The number of nitrogens with one attached hydrogen (secondary N) is 1. The SMILES string of the molecule is CC1=CC(=O)NC2=CC(=NC(=O)c3c(C)nc4ccccn34)C=CC12. The molecule has 124 valence electrons. The fourth-order valence-electron chi connectivity index (χ4n) is 3.19. The van der Waals surface area contributed by atoms with Crippen LogP contribution in [0.3, 0.4) is 0 Å². The van der Waals surface area contributed by atoms with Crippen LogP contribution in [0.15, 0.2) is 65.0 Å². The normalized spacial score (nSPS) is 21.0. The summed E-state index contributed by atoms with van der Waals surface area (Å²) in [5.41, 5.74) is 4.01. The molecule has 25 heavy (non-hydrogen) atoms. The summed E-state index contributed by atoms with van der Waals surface area (Å²) in [6.45, 7) is 3.71. The van der Waals surface area contributed by atoms with Crippen LogP contribution in [0, 0.1) is 12.8 Å². The lowest BCUT2D eigenvalue weighted by Gasteiger charge is -2.25. The maximum absolute atomic E-state index is 12.7. The van der Waals surface area contributed by atoms with Gasteiger partial charge in [-0.05, 0) is 38.1 Å². The van der Waals surface area contributed by atoms with Gasteiger partial charge in [-0.3, -0.25) is 14.0 Å². The van der Waals surface area contributed by atoms with Crippen LogP contribution >= 0.6 is 0 Å². The Kier molecular flexibility index (Phi) is 3.46. The molecule has 1 aliphatic carbocycles. The number of hydrogen-bond donors (Lipinski definition) is 1. The zero-order valence-corrected chi connectivity index (χ0v) is 13.9. The van der Waals surface area contributed by atoms with Crippen molar-refractivity contribution in [3.8, 4) is 0 Å². The lowest BCUT2D eigenvalue weighted by atomic mass is 9.89. The minimum absolute atomic E-state index is 0.0317. The van der Waals surface area contributed by atoms with Crippen LogP contribution < -0.4 is 5.32 Å². The van der Waals surface area contributed by atoms with E-state index in [-0.39, 0.29) is 17.7 Å². The molecule has 3 heterocycles. The summed E-state index contributed by atoms with van der Waals surface area (Å²) >= 11 is 0. The summed E-state index contributed by atoms with van der Waals surface area (Å²) in [4.78, 5) is 33.0. The molecule has 4 rings (SSSR count). The minimum Gasteiger partial charge on any atom is -0.325 e. The van der Waals surface area contributed by atoms with Crippen LogP contribution in [-0.4, -0.2) is 26.9 Å². The van der Waals surface area contributed by atoms with Crippen molar-refractivity contribution in [2.75, 3.05) is 0 Å². The van der Waals surface area contributed by atoms with E-state index in [1.54, 1.807) is 35.7 Å². The Hall–Kier alpha value is -3.28. The highest BCUT2D eigenvalue weighted by Crippen LogP contribution is 2.26. The van der Waals surface area contributed by atoms with Gasteiger partial charge in [-0.25, -0.2) is 9.98 Å². The summed E-state index contributed by atoms with van der Waals surface area (Å²) in [5, 5.41) is 2.81. The van der Waals surface area contributed by atoms with Gasteiger partial charge in [0.25, 0.3) is 5.91 Å². The number of imidazole rings is 1. The van der Waals surface area contributed by atoms with Crippen LogP contribution in [0.2, 0.25) is 0 Å². The first kappa shape index (κ1) is 15.3. The number of aryl methyl sites for hydroxylation is 1. The Labute approximate surface area is 144 Å². The number of aromatic nitrogens is 2. The van der Waals surface area contributed by atoms with Crippen LogP contribution in [0.1, 0.15) is 23.1 Å². The summed E-state index contributed by atoms with van der Waals surface area (Å²) in [7, 11) is 0. The topological polar surface area (TPSA) is 75.8 Å². The second-order valence-corrected chi connectivity index (χ2v) is 6.13. The number of pyridine rings is 1. The maximum atomic E-state index is 12.7. The third kappa shape index (κ3) is 2.61. The molecule has 0 bridgehead atoms. The number of aliphatic imine (C=N–C) groups is 1. The first-order valence-corrected chi connectivity index (χ1v) is 7.98. The molecule has 2 amide bonds. The number of hydrogen-bond acceptors (Lipinski definition) is 3. The Morgan fingerprint density at radius 1 is 1.28 bits per heavy atom. The molecule has 0 saturated heterocycles. The Balaban J connectivity index is 1.71. The van der Waals surface area contributed by atoms with Crippen LogP contribution in [0.5, 0.6) is 0 Å². The summed E-state index contributed by atoms with van der Waals surface area (Å²) < 4.78 is 1.74. The van der Waals surface area contributed by atoms with E-state index in [0.717, 1.165) is 11.3 Å². The first-order valence-electron chi connectivity index (χ1n) is 7.98. The molecular weight excluding hydrogens is 316 g/mol. The number of fused-ring (bicyclic) bond motifs is 2. The number of carbonyl (C=O) groups excluding carboxylic acids is 2. The predicted octanol–water partition coefficient (Wildman–Crippen LogP) is 2.37. The van der Waals surface area contributed by atoms with Crippen molar-refractivity contribution in [2.45, 2.75) is 13.8 Å². The van der Waals surface area contributed by atoms with Gasteiger partial charge in [-0.1, -0.05) is 17.7 Å². The maximum Gasteiger partial charge on any atom is 0.296 e. The van der Waals surface area contributed by atoms with E-state index in [4.69, 9.17) is 0 Å². The Morgan fingerprint density at radius 3 is 2.96 bits per heavy atom. The number of rotatable bonds is 1. The predicted molar refractivity (Wildman–Crippen MR) is 94.3 cm³/mol. The molecule has 2 aromatic heterocycles. The number of amides is 2. The zero-order chi connectivity index (χ0) is 17.6. The van der Waals surface area contributed by atoms with Gasteiger partial charge in [0.2, 0.25) is 5.91 Å². The van der Waals surface area contributed by atoms with Crippen molar-refractivity contribution < 1.29 is 9.59 Å². The zero-order valence-electron chi connectivity index (χ0n) is 13.9.